The van der Waals surface area contributed by atoms with Gasteiger partial charge in [-0.2, -0.15) is 0 Å². The molecule has 0 aliphatic heterocycles. The molecule has 1 atom stereocenters. The van der Waals surface area contributed by atoms with E-state index in [1.807, 2.05) is 0 Å². The lowest BCUT2D eigenvalue weighted by Gasteiger charge is -2.15. The first-order valence-electron chi connectivity index (χ1n) is 6.47. The van der Waals surface area contributed by atoms with E-state index in [0.717, 1.165) is 0 Å². The summed E-state index contributed by atoms with van der Waals surface area (Å²) in [5.74, 6) is 0.0603. The monoisotopic (exact) mass is 337 g/mol. The van der Waals surface area contributed by atoms with E-state index in [1.165, 1.54) is 0 Å². The Morgan fingerprint density at radius 2 is 2.00 bits per heavy atom. The minimum atomic E-state index is -0.767. The minimum Gasteiger partial charge on any atom is -0.481 e. The largest absolute Gasteiger partial charge is 0.481 e. The molecule has 6 heteroatoms. The highest BCUT2D eigenvalue weighted by Gasteiger charge is 2.16. The van der Waals surface area contributed by atoms with Gasteiger partial charge in [-0.1, -0.05) is 35.3 Å². The van der Waals surface area contributed by atoms with Gasteiger partial charge in [0.1, 0.15) is 12.0 Å². The predicted molar refractivity (Wildman–Crippen MR) is 87.0 cm³/mol. The Morgan fingerprint density at radius 3 is 2.73 bits per heavy atom. The molecule has 0 aliphatic carbocycles. The third-order valence-electron chi connectivity index (χ3n) is 2.86. The molecule has 22 heavy (non-hydrogen) atoms. The zero-order valence-electron chi connectivity index (χ0n) is 11.7. The van der Waals surface area contributed by atoms with E-state index in [0.29, 0.717) is 33.3 Å². The van der Waals surface area contributed by atoms with Gasteiger partial charge in [0.2, 0.25) is 0 Å². The summed E-state index contributed by atoms with van der Waals surface area (Å²) in [5, 5.41) is 3.50. The molecule has 1 amide bonds. The van der Waals surface area contributed by atoms with Crippen LogP contribution in [-0.2, 0) is 4.79 Å². The zero-order chi connectivity index (χ0) is 16.1. The second-order valence-corrected chi connectivity index (χ2v) is 5.41. The van der Waals surface area contributed by atoms with Crippen LogP contribution in [0.4, 0.5) is 5.69 Å². The van der Waals surface area contributed by atoms with Crippen molar-refractivity contribution in [1.82, 2.24) is 0 Å². The maximum Gasteiger partial charge on any atom is 0.265 e. The summed E-state index contributed by atoms with van der Waals surface area (Å²) in [6.07, 6.45) is -0.0551. The van der Waals surface area contributed by atoms with Crippen LogP contribution in [0.2, 0.25) is 10.0 Å². The van der Waals surface area contributed by atoms with Crippen LogP contribution in [0.25, 0.3) is 0 Å². The average molecular weight is 338 g/mol. The van der Waals surface area contributed by atoms with Crippen LogP contribution < -0.4 is 10.1 Å². The molecule has 1 N–H and O–H groups in total. The number of anilines is 1. The van der Waals surface area contributed by atoms with Gasteiger partial charge in [-0.15, -0.1) is 0 Å². The van der Waals surface area contributed by atoms with E-state index >= 15 is 0 Å². The van der Waals surface area contributed by atoms with Gasteiger partial charge >= 0.3 is 0 Å². The van der Waals surface area contributed by atoms with Crippen molar-refractivity contribution in [3.8, 4) is 5.75 Å². The number of nitrogens with one attached hydrogen (secondary N) is 1. The smallest absolute Gasteiger partial charge is 0.265 e. The number of benzene rings is 2. The fraction of sp³-hybridized carbons (Fsp3) is 0.125. The van der Waals surface area contributed by atoms with Gasteiger partial charge in [0.15, 0.2) is 6.10 Å². The highest BCUT2D eigenvalue weighted by Crippen LogP contribution is 2.25. The van der Waals surface area contributed by atoms with E-state index in [2.05, 4.69) is 5.32 Å². The third kappa shape index (κ3) is 4.23. The van der Waals surface area contributed by atoms with Gasteiger partial charge in [0.05, 0.1) is 10.7 Å². The van der Waals surface area contributed by atoms with Crippen LogP contribution in [0, 0.1) is 0 Å². The fourth-order valence-electron chi connectivity index (χ4n) is 1.75. The number of amides is 1. The van der Waals surface area contributed by atoms with Crippen LogP contribution in [0.3, 0.4) is 0 Å². The molecule has 2 aromatic carbocycles. The van der Waals surface area contributed by atoms with Crippen molar-refractivity contribution >= 4 is 41.1 Å². The molecule has 0 saturated carbocycles. The van der Waals surface area contributed by atoms with Gasteiger partial charge < -0.3 is 10.1 Å². The van der Waals surface area contributed by atoms with E-state index in [1.54, 1.807) is 49.4 Å². The molecule has 0 heterocycles. The van der Waals surface area contributed by atoms with Crippen molar-refractivity contribution in [2.45, 2.75) is 13.0 Å². The van der Waals surface area contributed by atoms with E-state index < -0.39 is 6.10 Å². The predicted octanol–water partition coefficient (Wildman–Crippen LogP) is 4.21. The van der Waals surface area contributed by atoms with Gasteiger partial charge in [-0.3, -0.25) is 9.59 Å². The minimum absolute atomic E-state index is 0.374. The lowest BCUT2D eigenvalue weighted by atomic mass is 10.2. The van der Waals surface area contributed by atoms with Crippen molar-refractivity contribution in [1.29, 1.82) is 0 Å². The Bertz CT molecular complexity index is 704. The first kappa shape index (κ1) is 16.3. The van der Waals surface area contributed by atoms with Crippen molar-refractivity contribution in [2.75, 3.05) is 5.32 Å². The number of hydrogen-bond donors (Lipinski definition) is 1. The molecule has 0 fully saturated rings. The van der Waals surface area contributed by atoms with Crippen molar-refractivity contribution in [3.05, 3.63) is 58.1 Å². The van der Waals surface area contributed by atoms with Crippen LogP contribution in [0.1, 0.15) is 17.3 Å². The van der Waals surface area contributed by atoms with E-state index in [-0.39, 0.29) is 5.91 Å². The van der Waals surface area contributed by atoms with Crippen LogP contribution in [-0.4, -0.2) is 18.3 Å². The summed E-state index contributed by atoms with van der Waals surface area (Å²) < 4.78 is 5.51. The molecule has 0 unspecified atom stereocenters. The number of aldehydes is 1. The fourth-order valence-corrected chi connectivity index (χ4v) is 2.08. The molecule has 4 nitrogen and oxygen atoms in total. The summed E-state index contributed by atoms with van der Waals surface area (Å²) in [4.78, 5) is 22.9. The molecule has 0 aromatic heterocycles. The Morgan fingerprint density at radius 1 is 1.23 bits per heavy atom. The molecular weight excluding hydrogens is 325 g/mol. The molecular formula is C16H13Cl2NO3. The van der Waals surface area contributed by atoms with Crippen LogP contribution >= 0.6 is 23.2 Å². The second kappa shape index (κ2) is 7.29. The quantitative estimate of drug-likeness (QED) is 0.831. The number of ether oxygens (including phenoxy) is 1. The normalized spacial score (nSPS) is 11.6. The van der Waals surface area contributed by atoms with Crippen molar-refractivity contribution in [3.63, 3.8) is 0 Å². The summed E-state index contributed by atoms with van der Waals surface area (Å²) in [6.45, 7) is 1.60. The van der Waals surface area contributed by atoms with Gasteiger partial charge in [-0.05, 0) is 37.3 Å². The van der Waals surface area contributed by atoms with Gasteiger partial charge in [0, 0.05) is 10.6 Å². The first-order valence-corrected chi connectivity index (χ1v) is 7.23. The standard InChI is InChI=1S/C16H13Cl2NO3/c1-10(22-13-4-2-3-11(7-13)9-20)16(21)19-15-8-12(17)5-6-14(15)18/h2-10H,1H3,(H,19,21)/t10-/m0/s1. The number of hydrogen-bond acceptors (Lipinski definition) is 3. The summed E-state index contributed by atoms with van der Waals surface area (Å²) in [5.41, 5.74) is 0.888. The maximum atomic E-state index is 12.1. The number of rotatable bonds is 5. The maximum absolute atomic E-state index is 12.1. The Balaban J connectivity index is 2.05. The molecule has 0 aliphatic rings. The molecule has 0 spiro atoms. The number of halogens is 2. The Labute approximate surface area is 138 Å². The molecule has 0 radical (unpaired) electrons. The second-order valence-electron chi connectivity index (χ2n) is 4.56. The highest BCUT2D eigenvalue weighted by atomic mass is 35.5. The van der Waals surface area contributed by atoms with E-state index in [4.69, 9.17) is 27.9 Å². The van der Waals surface area contributed by atoms with Crippen molar-refractivity contribution in [2.24, 2.45) is 0 Å². The number of carbonyl (C=O) groups is 2. The lowest BCUT2D eigenvalue weighted by Crippen LogP contribution is -2.30. The van der Waals surface area contributed by atoms with E-state index in [9.17, 15) is 9.59 Å². The first-order chi connectivity index (χ1) is 10.5. The third-order valence-corrected chi connectivity index (χ3v) is 3.43. The van der Waals surface area contributed by atoms with Gasteiger partial charge in [0.25, 0.3) is 5.91 Å². The summed E-state index contributed by atoms with van der Waals surface area (Å²) >= 11 is 11.9. The molecule has 0 bridgehead atoms. The van der Waals surface area contributed by atoms with Crippen LogP contribution in [0.5, 0.6) is 5.75 Å². The summed E-state index contributed by atoms with van der Waals surface area (Å²) in [7, 11) is 0. The molecule has 0 saturated heterocycles. The average Bonchev–Trinajstić information content (AvgIpc) is 2.51. The zero-order valence-corrected chi connectivity index (χ0v) is 13.2. The molecule has 2 rings (SSSR count). The molecule has 2 aromatic rings. The van der Waals surface area contributed by atoms with Crippen molar-refractivity contribution < 1.29 is 14.3 Å². The van der Waals surface area contributed by atoms with Gasteiger partial charge in [-0.25, -0.2) is 0 Å². The Hall–Kier alpha value is -2.04. The lowest BCUT2D eigenvalue weighted by molar-refractivity contribution is -0.122. The topological polar surface area (TPSA) is 55.4 Å². The highest BCUT2D eigenvalue weighted by molar-refractivity contribution is 6.35. The SMILES string of the molecule is C[C@H](Oc1cccc(C=O)c1)C(=O)Nc1cc(Cl)ccc1Cl. The number of carbonyl (C=O) groups excluding carboxylic acids is 2. The van der Waals surface area contributed by atoms with Crippen LogP contribution in [0.15, 0.2) is 42.5 Å². The Kier molecular flexibility index (Phi) is 5.41. The summed E-state index contributed by atoms with van der Waals surface area (Å²) in [6, 6.07) is 11.3. The molecule has 114 valence electrons.